The molecule has 2 heterocycles. The van der Waals surface area contributed by atoms with Crippen LogP contribution in [0, 0.1) is 4.91 Å². The Hall–Kier alpha value is -3.00. The maximum absolute atomic E-state index is 13.0. The van der Waals surface area contributed by atoms with Crippen molar-refractivity contribution in [2.24, 2.45) is 10.9 Å². The molecule has 0 bridgehead atoms. The molecule has 142 valence electrons. The molecule has 8 nitrogen and oxygen atoms in total. The quantitative estimate of drug-likeness (QED) is 0.813. The van der Waals surface area contributed by atoms with Gasteiger partial charge in [0.05, 0.1) is 30.2 Å². The average Bonchev–Trinajstić information content (AvgIpc) is 3.19. The van der Waals surface area contributed by atoms with Crippen LogP contribution < -0.4 is 15.5 Å². The number of hydrogen-bond acceptors (Lipinski definition) is 6. The van der Waals surface area contributed by atoms with E-state index in [-0.39, 0.29) is 42.6 Å². The summed E-state index contributed by atoms with van der Waals surface area (Å²) < 4.78 is 5.26. The van der Waals surface area contributed by atoms with Gasteiger partial charge < -0.3 is 20.0 Å². The van der Waals surface area contributed by atoms with E-state index in [0.717, 1.165) is 5.56 Å². The average molecular weight is 370 g/mol. The number of amides is 2. The molecule has 2 atom stereocenters. The van der Waals surface area contributed by atoms with Crippen LogP contribution in [-0.4, -0.2) is 37.5 Å². The van der Waals surface area contributed by atoms with E-state index in [0.29, 0.717) is 17.9 Å². The van der Waals surface area contributed by atoms with Crippen molar-refractivity contribution in [1.29, 1.82) is 0 Å². The van der Waals surface area contributed by atoms with E-state index in [1.807, 2.05) is 13.0 Å². The molecule has 0 saturated heterocycles. The van der Waals surface area contributed by atoms with Gasteiger partial charge in [0.25, 0.3) is 5.91 Å². The number of carbonyl (C=O) groups is 2. The number of hydrogen-bond donors (Lipinski definition) is 1. The highest BCUT2D eigenvalue weighted by atomic mass is 16.3. The summed E-state index contributed by atoms with van der Waals surface area (Å²) in [6, 6.07) is 8.48. The minimum Gasteiger partial charge on any atom is -0.459 e. The van der Waals surface area contributed by atoms with E-state index >= 15 is 0 Å². The fraction of sp³-hybridized carbons (Fsp3) is 0.368. The monoisotopic (exact) mass is 370 g/mol. The summed E-state index contributed by atoms with van der Waals surface area (Å²) in [6.45, 7) is 4.02. The Morgan fingerprint density at radius 2 is 2.11 bits per heavy atom. The minimum absolute atomic E-state index is 0.0498. The van der Waals surface area contributed by atoms with Crippen LogP contribution in [0.25, 0.3) is 0 Å². The number of nitrogens with zero attached hydrogens (tertiary/aromatic N) is 3. The summed E-state index contributed by atoms with van der Waals surface area (Å²) in [7, 11) is 0. The molecular formula is C19H22N4O4. The molecular weight excluding hydrogens is 348 g/mol. The first kappa shape index (κ1) is 18.8. The zero-order chi connectivity index (χ0) is 19.6. The molecule has 1 aliphatic rings. The molecule has 2 amide bonds. The molecule has 8 heteroatoms. The van der Waals surface area contributed by atoms with Crippen LogP contribution in [0.2, 0.25) is 0 Å². The smallest absolute Gasteiger partial charge is 0.294 e. The zero-order valence-electron chi connectivity index (χ0n) is 15.3. The number of furan rings is 1. The van der Waals surface area contributed by atoms with Gasteiger partial charge in [-0.25, -0.2) is 0 Å². The van der Waals surface area contributed by atoms with Gasteiger partial charge in [0.15, 0.2) is 5.76 Å². The molecule has 0 fully saturated rings. The third kappa shape index (κ3) is 3.48. The van der Waals surface area contributed by atoms with Crippen LogP contribution in [-0.2, 0) is 4.79 Å². The zero-order valence-corrected chi connectivity index (χ0v) is 15.3. The van der Waals surface area contributed by atoms with Crippen molar-refractivity contribution >= 4 is 23.2 Å². The third-order valence-corrected chi connectivity index (χ3v) is 4.80. The number of nitroso groups, excluding NO2 is 1. The fourth-order valence-corrected chi connectivity index (χ4v) is 3.51. The van der Waals surface area contributed by atoms with Crippen molar-refractivity contribution in [1.82, 2.24) is 0 Å². The van der Waals surface area contributed by atoms with Gasteiger partial charge in [0, 0.05) is 25.9 Å². The normalized spacial score (nSPS) is 17.4. The van der Waals surface area contributed by atoms with Crippen molar-refractivity contribution in [3.8, 4) is 0 Å². The highest BCUT2D eigenvalue weighted by molar-refractivity contribution is 6.09. The van der Waals surface area contributed by atoms with Gasteiger partial charge in [-0.15, -0.1) is 0 Å². The summed E-state index contributed by atoms with van der Waals surface area (Å²) in [5.74, 6) is -0.420. The summed E-state index contributed by atoms with van der Waals surface area (Å²) >= 11 is 0. The van der Waals surface area contributed by atoms with Gasteiger partial charge in [-0.05, 0) is 36.8 Å². The second kappa shape index (κ2) is 7.71. The number of nitrogens with two attached hydrogens (primary N) is 1. The number of rotatable bonds is 5. The molecule has 0 spiro atoms. The summed E-state index contributed by atoms with van der Waals surface area (Å²) in [5.41, 5.74) is 7.80. The van der Waals surface area contributed by atoms with E-state index in [1.165, 1.54) is 13.2 Å². The Labute approximate surface area is 156 Å². The van der Waals surface area contributed by atoms with Crippen molar-refractivity contribution < 1.29 is 14.0 Å². The fourth-order valence-electron chi connectivity index (χ4n) is 3.51. The van der Waals surface area contributed by atoms with Crippen LogP contribution >= 0.6 is 0 Å². The van der Waals surface area contributed by atoms with Crippen LogP contribution in [0.4, 0.5) is 11.4 Å². The molecule has 1 aromatic carbocycles. The molecule has 0 saturated carbocycles. The first-order valence-corrected chi connectivity index (χ1v) is 8.76. The van der Waals surface area contributed by atoms with Crippen molar-refractivity contribution in [3.05, 3.63) is 52.8 Å². The highest BCUT2D eigenvalue weighted by Crippen LogP contribution is 2.38. The lowest BCUT2D eigenvalue weighted by Crippen LogP contribution is -2.51. The molecule has 0 aliphatic carbocycles. The van der Waals surface area contributed by atoms with E-state index in [2.05, 4.69) is 5.18 Å². The third-order valence-electron chi connectivity index (χ3n) is 4.80. The van der Waals surface area contributed by atoms with Crippen LogP contribution in [0.15, 0.2) is 46.2 Å². The predicted octanol–water partition coefficient (Wildman–Crippen LogP) is 2.49. The molecule has 1 unspecified atom stereocenters. The SMILES string of the molecule is CC(=O)N1c2ccc(C(CN)CN=O)cc2N(C(=O)c2ccco2)C[C@@H]1C. The van der Waals surface area contributed by atoms with Gasteiger partial charge in [0.1, 0.15) is 0 Å². The standard InChI is InChI=1S/C19H22N4O4/c1-12-11-22(19(25)18-4-3-7-27-18)17-8-14(15(9-20)10-21-26)5-6-16(17)23(12)13(2)24/h3-8,12,15H,9-11,20H2,1-2H3/t12-,15?/m0/s1. The van der Waals surface area contributed by atoms with Crippen LogP contribution in [0.1, 0.15) is 35.9 Å². The van der Waals surface area contributed by atoms with Gasteiger partial charge in [-0.2, -0.15) is 4.91 Å². The van der Waals surface area contributed by atoms with Gasteiger partial charge in [-0.1, -0.05) is 11.2 Å². The number of fused-ring (bicyclic) bond motifs is 1. The second-order valence-corrected chi connectivity index (χ2v) is 6.62. The first-order chi connectivity index (χ1) is 13.0. The predicted molar refractivity (Wildman–Crippen MR) is 102 cm³/mol. The van der Waals surface area contributed by atoms with Crippen LogP contribution in [0.3, 0.4) is 0 Å². The van der Waals surface area contributed by atoms with Gasteiger partial charge in [-0.3, -0.25) is 9.59 Å². The van der Waals surface area contributed by atoms with E-state index in [4.69, 9.17) is 10.2 Å². The Balaban J connectivity index is 2.10. The van der Waals surface area contributed by atoms with Crippen molar-refractivity contribution in [2.75, 3.05) is 29.4 Å². The molecule has 27 heavy (non-hydrogen) atoms. The highest BCUT2D eigenvalue weighted by Gasteiger charge is 2.35. The lowest BCUT2D eigenvalue weighted by atomic mass is 9.96. The molecule has 2 aromatic rings. The Bertz CT molecular complexity index is 849. The number of anilines is 2. The number of benzene rings is 1. The molecule has 3 rings (SSSR count). The molecule has 2 N–H and O–H groups in total. The maximum atomic E-state index is 13.0. The summed E-state index contributed by atoms with van der Waals surface area (Å²) in [5, 5.41) is 2.96. The Kier molecular flexibility index (Phi) is 5.36. The lowest BCUT2D eigenvalue weighted by Gasteiger charge is -2.40. The van der Waals surface area contributed by atoms with Crippen molar-refractivity contribution in [3.63, 3.8) is 0 Å². The Morgan fingerprint density at radius 3 is 2.70 bits per heavy atom. The Morgan fingerprint density at radius 1 is 1.33 bits per heavy atom. The molecule has 1 aliphatic heterocycles. The second-order valence-electron chi connectivity index (χ2n) is 6.62. The van der Waals surface area contributed by atoms with Crippen LogP contribution in [0.5, 0.6) is 0 Å². The summed E-state index contributed by atoms with van der Waals surface area (Å²) in [4.78, 5) is 39.1. The summed E-state index contributed by atoms with van der Waals surface area (Å²) in [6.07, 6.45) is 1.44. The lowest BCUT2D eigenvalue weighted by molar-refractivity contribution is -0.117. The van der Waals surface area contributed by atoms with E-state index in [1.54, 1.807) is 34.1 Å². The largest absolute Gasteiger partial charge is 0.459 e. The molecule has 1 aromatic heterocycles. The van der Waals surface area contributed by atoms with E-state index in [9.17, 15) is 14.5 Å². The molecule has 0 radical (unpaired) electrons. The minimum atomic E-state index is -0.286. The first-order valence-electron chi connectivity index (χ1n) is 8.76. The van der Waals surface area contributed by atoms with Gasteiger partial charge >= 0.3 is 0 Å². The van der Waals surface area contributed by atoms with Gasteiger partial charge in [0.2, 0.25) is 5.91 Å². The van der Waals surface area contributed by atoms with Crippen molar-refractivity contribution in [2.45, 2.75) is 25.8 Å². The number of carbonyl (C=O) groups excluding carboxylic acids is 2. The topological polar surface area (TPSA) is 109 Å². The maximum Gasteiger partial charge on any atom is 0.294 e. The van der Waals surface area contributed by atoms with E-state index < -0.39 is 0 Å².